The summed E-state index contributed by atoms with van der Waals surface area (Å²) in [7, 11) is 0. The summed E-state index contributed by atoms with van der Waals surface area (Å²) >= 11 is 0. The molecule has 2 nitrogen and oxygen atoms in total. The molecule has 0 aliphatic heterocycles. The van der Waals surface area contributed by atoms with Gasteiger partial charge >= 0.3 is 6.18 Å². The third kappa shape index (κ3) is 4.10. The Hall–Kier alpha value is -1.23. The molecule has 0 amide bonds. The maximum Gasteiger partial charge on any atom is 0.422 e. The molecule has 0 fully saturated rings. The first kappa shape index (κ1) is 12.8. The predicted molar refractivity (Wildman–Crippen MR) is 55.3 cm³/mol. The van der Waals surface area contributed by atoms with Crippen molar-refractivity contribution >= 4 is 0 Å². The SMILES string of the molecule is CC[C@@H]([NH-])c1ccc(OCC(F)(F)F)cc1. The lowest BCUT2D eigenvalue weighted by Crippen LogP contribution is -2.19. The molecule has 0 spiro atoms. The Labute approximate surface area is 92.2 Å². The molecule has 1 aromatic carbocycles. The minimum absolute atomic E-state index is 0.171. The zero-order valence-corrected chi connectivity index (χ0v) is 8.84. The summed E-state index contributed by atoms with van der Waals surface area (Å²) in [6.45, 7) is 0.593. The fraction of sp³-hybridized carbons (Fsp3) is 0.455. The van der Waals surface area contributed by atoms with Crippen molar-refractivity contribution in [2.24, 2.45) is 0 Å². The van der Waals surface area contributed by atoms with Gasteiger partial charge in [-0.25, -0.2) is 0 Å². The molecule has 1 aromatic rings. The Morgan fingerprint density at radius 3 is 2.25 bits per heavy atom. The number of alkyl halides is 3. The van der Waals surface area contributed by atoms with E-state index in [1.54, 1.807) is 12.1 Å². The number of hydrogen-bond acceptors (Lipinski definition) is 1. The van der Waals surface area contributed by atoms with Gasteiger partial charge in [-0.1, -0.05) is 31.0 Å². The van der Waals surface area contributed by atoms with Crippen LogP contribution >= 0.6 is 0 Å². The van der Waals surface area contributed by atoms with E-state index in [1.807, 2.05) is 6.92 Å². The number of halogens is 3. The first-order chi connectivity index (χ1) is 7.42. The van der Waals surface area contributed by atoms with Gasteiger partial charge in [-0.15, -0.1) is 6.04 Å². The molecule has 90 valence electrons. The van der Waals surface area contributed by atoms with Gasteiger partial charge in [0, 0.05) is 0 Å². The molecular weight excluding hydrogens is 219 g/mol. The van der Waals surface area contributed by atoms with Crippen molar-refractivity contribution in [3.05, 3.63) is 35.6 Å². The van der Waals surface area contributed by atoms with Crippen LogP contribution in [0.15, 0.2) is 24.3 Å². The fourth-order valence-corrected chi connectivity index (χ4v) is 1.20. The van der Waals surface area contributed by atoms with Gasteiger partial charge in [-0.3, -0.25) is 0 Å². The van der Waals surface area contributed by atoms with E-state index in [0.29, 0.717) is 6.42 Å². The maximum atomic E-state index is 11.8. The van der Waals surface area contributed by atoms with E-state index in [-0.39, 0.29) is 11.8 Å². The fourth-order valence-electron chi connectivity index (χ4n) is 1.20. The molecule has 0 aliphatic carbocycles. The molecule has 0 radical (unpaired) electrons. The topological polar surface area (TPSA) is 33.0 Å². The van der Waals surface area contributed by atoms with Crippen molar-refractivity contribution in [2.45, 2.75) is 25.6 Å². The molecule has 5 heteroatoms. The average molecular weight is 232 g/mol. The average Bonchev–Trinajstić information content (AvgIpc) is 2.25. The summed E-state index contributed by atoms with van der Waals surface area (Å²) in [5.41, 5.74) is 8.39. The Morgan fingerprint density at radius 2 is 1.81 bits per heavy atom. The quantitative estimate of drug-likeness (QED) is 0.768. The van der Waals surface area contributed by atoms with Gasteiger partial charge in [0.25, 0.3) is 0 Å². The van der Waals surface area contributed by atoms with Crippen LogP contribution in [0.2, 0.25) is 0 Å². The van der Waals surface area contributed by atoms with E-state index < -0.39 is 12.8 Å². The van der Waals surface area contributed by atoms with Crippen molar-refractivity contribution in [1.29, 1.82) is 0 Å². The highest BCUT2D eigenvalue weighted by Crippen LogP contribution is 2.23. The molecule has 1 N–H and O–H groups in total. The van der Waals surface area contributed by atoms with Crippen molar-refractivity contribution < 1.29 is 17.9 Å². The number of ether oxygens (including phenoxy) is 1. The molecule has 0 saturated carbocycles. The van der Waals surface area contributed by atoms with Gasteiger partial charge in [-0.05, 0) is 12.1 Å². The second-order valence-electron chi connectivity index (χ2n) is 3.43. The third-order valence-corrected chi connectivity index (χ3v) is 2.09. The minimum Gasteiger partial charge on any atom is -0.671 e. The van der Waals surface area contributed by atoms with E-state index in [9.17, 15) is 13.2 Å². The molecule has 1 rings (SSSR count). The highest BCUT2D eigenvalue weighted by molar-refractivity contribution is 5.30. The number of benzene rings is 1. The maximum absolute atomic E-state index is 11.8. The lowest BCUT2D eigenvalue weighted by atomic mass is 10.1. The molecule has 0 saturated heterocycles. The molecular formula is C11H13F3NO-. The summed E-state index contributed by atoms with van der Waals surface area (Å²) in [4.78, 5) is 0. The van der Waals surface area contributed by atoms with Crippen molar-refractivity contribution in [1.82, 2.24) is 0 Å². The van der Waals surface area contributed by atoms with Gasteiger partial charge < -0.3 is 10.5 Å². The van der Waals surface area contributed by atoms with Crippen LogP contribution in [-0.2, 0) is 0 Å². The van der Waals surface area contributed by atoms with Crippen LogP contribution in [0.5, 0.6) is 5.75 Å². The first-order valence-corrected chi connectivity index (χ1v) is 4.93. The summed E-state index contributed by atoms with van der Waals surface area (Å²) in [5, 5.41) is 0. The standard InChI is InChI=1S/C11H13F3NO/c1-2-10(15)8-3-5-9(6-4-8)16-7-11(12,13)14/h3-6,10,15H,2,7H2,1H3/q-1/t10-/m1/s1. The molecule has 0 aromatic heterocycles. The van der Waals surface area contributed by atoms with Gasteiger partial charge in [0.2, 0.25) is 0 Å². The second-order valence-corrected chi connectivity index (χ2v) is 3.43. The lowest BCUT2D eigenvalue weighted by Gasteiger charge is -2.18. The Kier molecular flexibility index (Phi) is 4.18. The minimum atomic E-state index is -4.32. The molecule has 16 heavy (non-hydrogen) atoms. The molecule has 0 bridgehead atoms. The highest BCUT2D eigenvalue weighted by Gasteiger charge is 2.28. The zero-order chi connectivity index (χ0) is 12.2. The highest BCUT2D eigenvalue weighted by atomic mass is 19.4. The number of rotatable bonds is 4. The molecule has 0 unspecified atom stereocenters. The largest absolute Gasteiger partial charge is 0.671 e. The summed E-state index contributed by atoms with van der Waals surface area (Å²) in [5.74, 6) is 0.171. The monoisotopic (exact) mass is 232 g/mol. The summed E-state index contributed by atoms with van der Waals surface area (Å²) in [6, 6.07) is 5.81. The summed E-state index contributed by atoms with van der Waals surface area (Å²) in [6.07, 6.45) is -3.65. The summed E-state index contributed by atoms with van der Waals surface area (Å²) < 4.78 is 40.1. The predicted octanol–water partition coefficient (Wildman–Crippen LogP) is 4.13. The van der Waals surface area contributed by atoms with Crippen LogP contribution in [0.4, 0.5) is 13.2 Å². The van der Waals surface area contributed by atoms with Crippen LogP contribution in [0.3, 0.4) is 0 Å². The normalized spacial score (nSPS) is 13.6. The van der Waals surface area contributed by atoms with Crippen molar-refractivity contribution in [3.63, 3.8) is 0 Å². The molecule has 0 heterocycles. The third-order valence-electron chi connectivity index (χ3n) is 2.09. The Bertz CT molecular complexity index is 321. The number of nitrogens with one attached hydrogen (secondary N) is 1. The van der Waals surface area contributed by atoms with E-state index >= 15 is 0 Å². The van der Waals surface area contributed by atoms with E-state index in [0.717, 1.165) is 5.56 Å². The van der Waals surface area contributed by atoms with E-state index in [4.69, 9.17) is 5.73 Å². The van der Waals surface area contributed by atoms with Crippen molar-refractivity contribution in [2.75, 3.05) is 6.61 Å². The van der Waals surface area contributed by atoms with Gasteiger partial charge in [0.1, 0.15) is 5.75 Å². The van der Waals surface area contributed by atoms with Crippen LogP contribution < -0.4 is 4.74 Å². The molecule has 0 aliphatic rings. The van der Waals surface area contributed by atoms with E-state index in [2.05, 4.69) is 4.74 Å². The first-order valence-electron chi connectivity index (χ1n) is 4.93. The van der Waals surface area contributed by atoms with Crippen LogP contribution in [0.25, 0.3) is 5.73 Å². The lowest BCUT2D eigenvalue weighted by molar-refractivity contribution is -0.153. The van der Waals surface area contributed by atoms with Gasteiger partial charge in [0.15, 0.2) is 6.61 Å². The Morgan fingerprint density at radius 1 is 1.25 bits per heavy atom. The number of hydrogen-bond donors (Lipinski definition) is 0. The van der Waals surface area contributed by atoms with Crippen LogP contribution in [0.1, 0.15) is 24.9 Å². The smallest absolute Gasteiger partial charge is 0.422 e. The van der Waals surface area contributed by atoms with Gasteiger partial charge in [0.05, 0.1) is 0 Å². The van der Waals surface area contributed by atoms with Crippen LogP contribution in [-0.4, -0.2) is 12.8 Å². The zero-order valence-electron chi connectivity index (χ0n) is 8.84. The molecule has 1 atom stereocenters. The Balaban J connectivity index is 2.58. The van der Waals surface area contributed by atoms with Crippen molar-refractivity contribution in [3.8, 4) is 5.75 Å². The van der Waals surface area contributed by atoms with Crippen LogP contribution in [0, 0.1) is 0 Å². The van der Waals surface area contributed by atoms with Gasteiger partial charge in [-0.2, -0.15) is 13.2 Å². The van der Waals surface area contributed by atoms with E-state index in [1.165, 1.54) is 12.1 Å². The second kappa shape index (κ2) is 5.21.